The molecule has 2 aliphatic heterocycles. The number of aromatic nitrogens is 2. The van der Waals surface area contributed by atoms with Crippen molar-refractivity contribution in [3.8, 4) is 0 Å². The number of hydrogen-bond donors (Lipinski definition) is 1. The minimum absolute atomic E-state index is 0.0550. The van der Waals surface area contributed by atoms with E-state index in [9.17, 15) is 4.79 Å². The Bertz CT molecular complexity index is 626. The molecule has 0 aromatic carbocycles. The summed E-state index contributed by atoms with van der Waals surface area (Å²) in [4.78, 5) is 25.7. The number of amides is 1. The molecule has 1 amide bonds. The summed E-state index contributed by atoms with van der Waals surface area (Å²) in [5.41, 5.74) is 2.39. The number of aromatic amines is 1. The lowest BCUT2D eigenvalue weighted by Gasteiger charge is -2.44. The predicted octanol–water partition coefficient (Wildman–Crippen LogP) is 3.78. The smallest absolute Gasteiger partial charge is 0.225 e. The van der Waals surface area contributed by atoms with Gasteiger partial charge in [-0.15, -0.1) is 0 Å². The summed E-state index contributed by atoms with van der Waals surface area (Å²) in [5, 5.41) is 0. The van der Waals surface area contributed by atoms with Crippen molar-refractivity contribution >= 4 is 5.91 Å². The largest absolute Gasteiger partial charge is 0.348 e. The van der Waals surface area contributed by atoms with Gasteiger partial charge in [-0.3, -0.25) is 4.79 Å². The summed E-state index contributed by atoms with van der Waals surface area (Å²) in [6.07, 6.45) is 12.2. The second kappa shape index (κ2) is 8.34. The van der Waals surface area contributed by atoms with Crippen molar-refractivity contribution < 1.29 is 4.79 Å². The number of carbonyl (C=O) groups excluding carboxylic acids is 1. The van der Waals surface area contributed by atoms with Crippen LogP contribution < -0.4 is 0 Å². The highest BCUT2D eigenvalue weighted by molar-refractivity contribution is 5.79. The topological polar surface area (TPSA) is 52.2 Å². The number of fused-ring (bicyclic) bond motifs is 1. The van der Waals surface area contributed by atoms with Crippen LogP contribution >= 0.6 is 0 Å². The average Bonchev–Trinajstić information content (AvgIpc) is 3.17. The number of nitrogens with one attached hydrogen (secondary N) is 1. The van der Waals surface area contributed by atoms with E-state index in [1.807, 2.05) is 20.2 Å². The summed E-state index contributed by atoms with van der Waals surface area (Å²) in [5.74, 6) is 1.80. The van der Waals surface area contributed by atoms with Crippen LogP contribution in [0, 0.1) is 17.8 Å². The Balaban J connectivity index is 1.42. The van der Waals surface area contributed by atoms with Gasteiger partial charge in [-0.25, -0.2) is 4.98 Å². The third-order valence-electron chi connectivity index (χ3n) is 7.07. The minimum atomic E-state index is 0.0550. The fraction of sp³-hybridized carbons (Fsp3) is 0.818. The van der Waals surface area contributed by atoms with Crippen LogP contribution in [-0.4, -0.2) is 51.9 Å². The molecule has 27 heavy (non-hydrogen) atoms. The number of rotatable bonds is 4. The molecule has 1 aromatic rings. The number of H-pyrrole nitrogens is 1. The van der Waals surface area contributed by atoms with Gasteiger partial charge < -0.3 is 14.8 Å². The maximum absolute atomic E-state index is 12.9. The van der Waals surface area contributed by atoms with Crippen molar-refractivity contribution in [3.63, 3.8) is 0 Å². The van der Waals surface area contributed by atoms with Gasteiger partial charge >= 0.3 is 0 Å². The molecule has 0 bridgehead atoms. The number of likely N-dealkylation sites (tertiary alicyclic amines) is 1. The second-order valence-electron chi connectivity index (χ2n) is 9.29. The Hall–Kier alpha value is -1.36. The third-order valence-corrected chi connectivity index (χ3v) is 7.07. The van der Waals surface area contributed by atoms with Gasteiger partial charge in [-0.05, 0) is 50.6 Å². The van der Waals surface area contributed by atoms with Crippen LogP contribution in [0.1, 0.15) is 76.2 Å². The molecule has 1 aromatic heterocycles. The highest BCUT2D eigenvalue weighted by atomic mass is 16.2. The van der Waals surface area contributed by atoms with E-state index in [2.05, 4.69) is 19.8 Å². The zero-order chi connectivity index (χ0) is 18.8. The van der Waals surface area contributed by atoms with Crippen molar-refractivity contribution in [3.05, 3.63) is 17.7 Å². The number of piperidine rings is 1. The maximum atomic E-state index is 12.9. The van der Waals surface area contributed by atoms with Crippen LogP contribution in [-0.2, 0) is 11.2 Å². The highest BCUT2D eigenvalue weighted by Gasteiger charge is 2.40. The molecule has 5 nitrogen and oxygen atoms in total. The molecule has 0 spiro atoms. The van der Waals surface area contributed by atoms with Crippen LogP contribution in [0.4, 0.5) is 0 Å². The fourth-order valence-electron chi connectivity index (χ4n) is 5.55. The Morgan fingerprint density at radius 3 is 2.59 bits per heavy atom. The standard InChI is InChI=1S/C22H36N4O/c1-16(2)22(27)26-13-10-19-20(24-15-23-19)21(26)18-8-11-25(12-9-18)14-17-6-4-3-5-7-17/h15-18,21H,3-14H2,1-2H3,(H,23,24). The van der Waals surface area contributed by atoms with E-state index in [0.29, 0.717) is 11.8 Å². The number of imidazole rings is 1. The van der Waals surface area contributed by atoms with Gasteiger partial charge in [0, 0.05) is 31.1 Å². The summed E-state index contributed by atoms with van der Waals surface area (Å²) in [7, 11) is 0. The normalized spacial score (nSPS) is 25.7. The summed E-state index contributed by atoms with van der Waals surface area (Å²) in [6, 6.07) is 0.173. The van der Waals surface area contributed by atoms with E-state index in [-0.39, 0.29) is 12.0 Å². The molecule has 1 saturated heterocycles. The van der Waals surface area contributed by atoms with E-state index in [1.165, 1.54) is 70.3 Å². The number of hydrogen-bond acceptors (Lipinski definition) is 3. The lowest BCUT2D eigenvalue weighted by molar-refractivity contribution is -0.139. The summed E-state index contributed by atoms with van der Waals surface area (Å²) >= 11 is 0. The van der Waals surface area contributed by atoms with Gasteiger partial charge in [-0.1, -0.05) is 33.1 Å². The Kier molecular flexibility index (Phi) is 5.86. The molecule has 1 unspecified atom stereocenters. The molecule has 1 N–H and O–H groups in total. The lowest BCUT2D eigenvalue weighted by Crippen LogP contribution is -2.48. The molecular weight excluding hydrogens is 336 g/mol. The SMILES string of the molecule is CC(C)C(=O)N1CCc2[nH]cnc2C1C1CCN(CC2CCCCC2)CC1. The van der Waals surface area contributed by atoms with Crippen LogP contribution in [0.5, 0.6) is 0 Å². The van der Waals surface area contributed by atoms with Gasteiger partial charge in [0.2, 0.25) is 5.91 Å². The minimum Gasteiger partial charge on any atom is -0.348 e. The monoisotopic (exact) mass is 372 g/mol. The van der Waals surface area contributed by atoms with Crippen molar-refractivity contribution in [2.75, 3.05) is 26.2 Å². The van der Waals surface area contributed by atoms with Crippen molar-refractivity contribution in [2.45, 2.75) is 71.3 Å². The van der Waals surface area contributed by atoms with Crippen LogP contribution in [0.25, 0.3) is 0 Å². The van der Waals surface area contributed by atoms with E-state index in [0.717, 1.165) is 24.6 Å². The Morgan fingerprint density at radius 1 is 1.15 bits per heavy atom. The third kappa shape index (κ3) is 4.08. The van der Waals surface area contributed by atoms with Crippen molar-refractivity contribution in [2.24, 2.45) is 17.8 Å². The van der Waals surface area contributed by atoms with Gasteiger partial charge in [0.1, 0.15) is 0 Å². The molecule has 2 fully saturated rings. The molecule has 5 heteroatoms. The van der Waals surface area contributed by atoms with Crippen molar-refractivity contribution in [1.82, 2.24) is 19.8 Å². The van der Waals surface area contributed by atoms with Gasteiger partial charge in [-0.2, -0.15) is 0 Å². The molecule has 150 valence electrons. The van der Waals surface area contributed by atoms with E-state index >= 15 is 0 Å². The number of nitrogens with zero attached hydrogens (tertiary/aromatic N) is 3. The van der Waals surface area contributed by atoms with E-state index in [1.54, 1.807) is 0 Å². The molecule has 1 saturated carbocycles. The highest BCUT2D eigenvalue weighted by Crippen LogP contribution is 2.39. The molecule has 4 rings (SSSR count). The maximum Gasteiger partial charge on any atom is 0.225 e. The molecule has 3 heterocycles. The zero-order valence-corrected chi connectivity index (χ0v) is 17.1. The fourth-order valence-corrected chi connectivity index (χ4v) is 5.55. The molecule has 3 aliphatic rings. The second-order valence-corrected chi connectivity index (χ2v) is 9.29. The van der Waals surface area contributed by atoms with Crippen LogP contribution in [0.15, 0.2) is 6.33 Å². The van der Waals surface area contributed by atoms with Gasteiger partial charge in [0.05, 0.1) is 18.1 Å². The Labute approximate surface area is 163 Å². The Morgan fingerprint density at radius 2 is 1.89 bits per heavy atom. The number of carbonyl (C=O) groups is 1. The summed E-state index contributed by atoms with van der Waals surface area (Å²) in [6.45, 7) is 8.53. The first-order chi connectivity index (χ1) is 13.1. The molecular formula is C22H36N4O. The van der Waals surface area contributed by atoms with E-state index in [4.69, 9.17) is 0 Å². The van der Waals surface area contributed by atoms with Crippen molar-refractivity contribution in [1.29, 1.82) is 0 Å². The van der Waals surface area contributed by atoms with Gasteiger partial charge in [0.15, 0.2) is 0 Å². The first-order valence-electron chi connectivity index (χ1n) is 11.2. The average molecular weight is 373 g/mol. The van der Waals surface area contributed by atoms with E-state index < -0.39 is 0 Å². The first-order valence-corrected chi connectivity index (χ1v) is 11.2. The van der Waals surface area contributed by atoms with Gasteiger partial charge in [0.25, 0.3) is 0 Å². The molecule has 0 radical (unpaired) electrons. The first kappa shape index (κ1) is 19.0. The van der Waals surface area contributed by atoms with Crippen LogP contribution in [0.2, 0.25) is 0 Å². The predicted molar refractivity (Wildman–Crippen MR) is 107 cm³/mol. The molecule has 1 aliphatic carbocycles. The van der Waals surface area contributed by atoms with Crippen LogP contribution in [0.3, 0.4) is 0 Å². The molecule has 1 atom stereocenters. The quantitative estimate of drug-likeness (QED) is 0.875. The lowest BCUT2D eigenvalue weighted by atomic mass is 9.82. The zero-order valence-electron chi connectivity index (χ0n) is 17.1. The summed E-state index contributed by atoms with van der Waals surface area (Å²) < 4.78 is 0.